The fourth-order valence-corrected chi connectivity index (χ4v) is 1.70. The molecule has 2 rings (SSSR count). The summed E-state index contributed by atoms with van der Waals surface area (Å²) >= 11 is 5.95. The van der Waals surface area contributed by atoms with Crippen LogP contribution in [0.2, 0.25) is 5.02 Å². The fourth-order valence-electron chi connectivity index (χ4n) is 1.50. The molecule has 0 aliphatic carbocycles. The number of benzene rings is 1. The van der Waals surface area contributed by atoms with E-state index in [9.17, 15) is 9.18 Å². The molecule has 1 N–H and O–H groups in total. The number of aromatic nitrogens is 3. The Bertz CT molecular complexity index is 612. The van der Waals surface area contributed by atoms with Gasteiger partial charge < -0.3 is 5.11 Å². The van der Waals surface area contributed by atoms with Crippen LogP contribution in [0, 0.1) is 5.82 Å². The molecule has 18 heavy (non-hydrogen) atoms. The third-order valence-corrected chi connectivity index (χ3v) is 2.64. The van der Waals surface area contributed by atoms with Gasteiger partial charge >= 0.3 is 5.97 Å². The summed E-state index contributed by atoms with van der Waals surface area (Å²) < 4.78 is 14.4. The molecule has 0 atom stereocenters. The normalized spacial score (nSPS) is 10.6. The highest BCUT2D eigenvalue weighted by atomic mass is 35.5. The Hall–Kier alpha value is -1.95. The Morgan fingerprint density at radius 3 is 2.89 bits per heavy atom. The van der Waals surface area contributed by atoms with Gasteiger partial charge in [-0.25, -0.2) is 18.9 Å². The van der Waals surface area contributed by atoms with E-state index in [0.717, 1.165) is 0 Å². The van der Waals surface area contributed by atoms with Gasteiger partial charge in [0.25, 0.3) is 5.82 Å². The van der Waals surface area contributed by atoms with Gasteiger partial charge in [0.05, 0.1) is 10.7 Å². The molecule has 0 aliphatic rings. The Kier molecular flexibility index (Phi) is 3.29. The molecule has 0 radical (unpaired) electrons. The van der Waals surface area contributed by atoms with E-state index in [1.165, 1.54) is 22.9 Å². The molecule has 1 heterocycles. The largest absolute Gasteiger partial charge is 0.475 e. The van der Waals surface area contributed by atoms with Crippen LogP contribution in [-0.2, 0) is 6.42 Å². The molecule has 0 saturated carbocycles. The van der Waals surface area contributed by atoms with Gasteiger partial charge in [-0.3, -0.25) is 0 Å². The molecule has 7 heteroatoms. The third kappa shape index (κ3) is 2.19. The zero-order valence-corrected chi connectivity index (χ0v) is 10.1. The molecule has 0 unspecified atom stereocenters. The van der Waals surface area contributed by atoms with E-state index in [1.54, 1.807) is 6.92 Å². The summed E-state index contributed by atoms with van der Waals surface area (Å²) in [5, 5.41) is 12.9. The summed E-state index contributed by atoms with van der Waals surface area (Å²) in [5.41, 5.74) is 0.272. The minimum Gasteiger partial charge on any atom is -0.475 e. The Balaban J connectivity index is 2.62. The van der Waals surface area contributed by atoms with Gasteiger partial charge in [-0.15, -0.1) is 5.10 Å². The monoisotopic (exact) mass is 269 g/mol. The number of halogens is 2. The van der Waals surface area contributed by atoms with Gasteiger partial charge in [0, 0.05) is 12.5 Å². The molecular weight excluding hydrogens is 261 g/mol. The molecule has 1 aromatic heterocycles. The summed E-state index contributed by atoms with van der Waals surface area (Å²) in [6, 6.07) is 3.78. The van der Waals surface area contributed by atoms with Crippen LogP contribution in [0.25, 0.3) is 5.69 Å². The molecule has 0 bridgehead atoms. The summed E-state index contributed by atoms with van der Waals surface area (Å²) in [6.07, 6.45) is 0.452. The van der Waals surface area contributed by atoms with E-state index in [4.69, 9.17) is 16.7 Å². The maximum Gasteiger partial charge on any atom is 0.375 e. The first-order chi connectivity index (χ1) is 8.52. The van der Waals surface area contributed by atoms with Crippen molar-refractivity contribution in [1.29, 1.82) is 0 Å². The highest BCUT2D eigenvalue weighted by Gasteiger charge is 2.17. The lowest BCUT2D eigenvalue weighted by Gasteiger charge is -2.06. The van der Waals surface area contributed by atoms with E-state index < -0.39 is 11.8 Å². The molecule has 0 amide bonds. The second-order valence-corrected chi connectivity index (χ2v) is 3.93. The maximum absolute atomic E-state index is 13.2. The summed E-state index contributed by atoms with van der Waals surface area (Å²) in [5.74, 6) is -1.66. The second-order valence-electron chi connectivity index (χ2n) is 3.52. The first kappa shape index (κ1) is 12.5. The van der Waals surface area contributed by atoms with Gasteiger partial charge in [-0.1, -0.05) is 18.5 Å². The van der Waals surface area contributed by atoms with Crippen molar-refractivity contribution in [2.24, 2.45) is 0 Å². The minimum absolute atomic E-state index is 0.271. The zero-order chi connectivity index (χ0) is 13.3. The van der Waals surface area contributed by atoms with Crippen molar-refractivity contribution in [2.75, 3.05) is 0 Å². The van der Waals surface area contributed by atoms with E-state index >= 15 is 0 Å². The number of nitrogens with zero attached hydrogens (tertiary/aromatic N) is 3. The lowest BCUT2D eigenvalue weighted by Crippen LogP contribution is -2.04. The van der Waals surface area contributed by atoms with Gasteiger partial charge in [0.2, 0.25) is 0 Å². The van der Waals surface area contributed by atoms with Crippen molar-refractivity contribution in [3.63, 3.8) is 0 Å². The van der Waals surface area contributed by atoms with Crippen LogP contribution < -0.4 is 0 Å². The number of hydrogen-bond acceptors (Lipinski definition) is 3. The van der Waals surface area contributed by atoms with E-state index in [1.807, 2.05) is 0 Å². The summed E-state index contributed by atoms with van der Waals surface area (Å²) in [7, 11) is 0. The molecule has 5 nitrogen and oxygen atoms in total. The average Bonchev–Trinajstić information content (AvgIpc) is 2.76. The second kappa shape index (κ2) is 4.73. The SMILES string of the molecule is CCc1nc(C(=O)O)nn1-c1cc(F)ccc1Cl. The van der Waals surface area contributed by atoms with Crippen molar-refractivity contribution in [2.45, 2.75) is 13.3 Å². The van der Waals surface area contributed by atoms with Crippen molar-refractivity contribution in [3.8, 4) is 5.69 Å². The van der Waals surface area contributed by atoms with Gasteiger partial charge in [0.1, 0.15) is 11.6 Å². The maximum atomic E-state index is 13.2. The quantitative estimate of drug-likeness (QED) is 0.928. The number of aromatic carboxylic acids is 1. The number of aryl methyl sites for hydroxylation is 1. The molecule has 0 fully saturated rings. The smallest absolute Gasteiger partial charge is 0.375 e. The molecule has 0 spiro atoms. The van der Waals surface area contributed by atoms with Crippen LogP contribution in [0.3, 0.4) is 0 Å². The molecular formula is C11H9ClFN3O2. The van der Waals surface area contributed by atoms with Gasteiger partial charge in [-0.05, 0) is 12.1 Å². The van der Waals surface area contributed by atoms with Crippen LogP contribution in [0.5, 0.6) is 0 Å². The Morgan fingerprint density at radius 2 is 2.28 bits per heavy atom. The lowest BCUT2D eigenvalue weighted by molar-refractivity contribution is 0.0683. The van der Waals surface area contributed by atoms with Crippen molar-refractivity contribution < 1.29 is 14.3 Å². The minimum atomic E-state index is -1.24. The number of carboxylic acid groups (broad SMARTS) is 1. The lowest BCUT2D eigenvalue weighted by atomic mass is 10.3. The molecule has 0 aliphatic heterocycles. The fraction of sp³-hybridized carbons (Fsp3) is 0.182. The first-order valence-electron chi connectivity index (χ1n) is 5.17. The van der Waals surface area contributed by atoms with Crippen molar-refractivity contribution in [1.82, 2.24) is 14.8 Å². The number of rotatable bonds is 3. The van der Waals surface area contributed by atoms with Gasteiger partial charge in [-0.2, -0.15) is 0 Å². The van der Waals surface area contributed by atoms with Crippen molar-refractivity contribution >= 4 is 17.6 Å². The molecule has 94 valence electrons. The molecule has 2 aromatic rings. The third-order valence-electron chi connectivity index (χ3n) is 2.32. The van der Waals surface area contributed by atoms with E-state index in [0.29, 0.717) is 12.2 Å². The first-order valence-corrected chi connectivity index (χ1v) is 5.55. The van der Waals surface area contributed by atoms with Crippen LogP contribution in [-0.4, -0.2) is 25.8 Å². The Labute approximate surface area is 107 Å². The van der Waals surface area contributed by atoms with Crippen molar-refractivity contribution in [3.05, 3.63) is 40.7 Å². The predicted molar refractivity (Wildman–Crippen MR) is 62.7 cm³/mol. The number of carbonyl (C=O) groups is 1. The number of carboxylic acids is 1. The summed E-state index contributed by atoms with van der Waals surface area (Å²) in [6.45, 7) is 1.79. The molecule has 1 aromatic carbocycles. The van der Waals surface area contributed by atoms with Crippen LogP contribution in [0.4, 0.5) is 4.39 Å². The standard InChI is InChI=1S/C11H9ClFN3O2/c1-2-9-14-10(11(17)18)15-16(9)8-5-6(13)3-4-7(8)12/h3-5H,2H2,1H3,(H,17,18). The average molecular weight is 270 g/mol. The van der Waals surface area contributed by atoms with Crippen LogP contribution in [0.1, 0.15) is 23.4 Å². The highest BCUT2D eigenvalue weighted by Crippen LogP contribution is 2.22. The topological polar surface area (TPSA) is 68.0 Å². The van der Waals surface area contributed by atoms with Crippen LogP contribution >= 0.6 is 11.6 Å². The van der Waals surface area contributed by atoms with E-state index in [-0.39, 0.29) is 16.5 Å². The Morgan fingerprint density at radius 1 is 1.56 bits per heavy atom. The highest BCUT2D eigenvalue weighted by molar-refractivity contribution is 6.32. The van der Waals surface area contributed by atoms with Gasteiger partial charge in [0.15, 0.2) is 0 Å². The number of hydrogen-bond donors (Lipinski definition) is 1. The zero-order valence-electron chi connectivity index (χ0n) is 9.39. The predicted octanol–water partition coefficient (Wildman–Crippen LogP) is 2.32. The summed E-state index contributed by atoms with van der Waals surface area (Å²) in [4.78, 5) is 14.7. The van der Waals surface area contributed by atoms with Crippen LogP contribution in [0.15, 0.2) is 18.2 Å². The van der Waals surface area contributed by atoms with E-state index in [2.05, 4.69) is 10.1 Å². The molecule has 0 saturated heterocycles.